The van der Waals surface area contributed by atoms with Crippen LogP contribution in [0.3, 0.4) is 0 Å². The van der Waals surface area contributed by atoms with Crippen molar-refractivity contribution >= 4 is 21.7 Å². The zero-order chi connectivity index (χ0) is 14.0. The van der Waals surface area contributed by atoms with Crippen LogP contribution in [0.5, 0.6) is 0 Å². The molecular formula is C11H19N5O2S. The average Bonchev–Trinajstić information content (AvgIpc) is 3.13. The molecule has 19 heavy (non-hydrogen) atoms. The molecule has 8 heteroatoms. The number of hydrogen-bond donors (Lipinski definition) is 3. The number of rotatable bonds is 6. The molecule has 1 aromatic heterocycles. The van der Waals surface area contributed by atoms with Gasteiger partial charge in [-0.25, -0.2) is 23.5 Å². The van der Waals surface area contributed by atoms with E-state index in [0.29, 0.717) is 11.7 Å². The van der Waals surface area contributed by atoms with Crippen LogP contribution in [-0.2, 0) is 10.0 Å². The minimum atomic E-state index is -3.46. The Labute approximate surface area is 113 Å². The maximum atomic E-state index is 10.9. The summed E-state index contributed by atoms with van der Waals surface area (Å²) in [6.07, 6.45) is 2.23. The molecule has 0 radical (unpaired) electrons. The van der Waals surface area contributed by atoms with Crippen LogP contribution in [0.1, 0.15) is 30.1 Å². The fourth-order valence-electron chi connectivity index (χ4n) is 1.79. The molecule has 0 atom stereocenters. The van der Waals surface area contributed by atoms with E-state index in [4.69, 9.17) is 5.14 Å². The molecule has 0 saturated heterocycles. The molecule has 1 aromatic rings. The van der Waals surface area contributed by atoms with Crippen LogP contribution in [0.25, 0.3) is 0 Å². The van der Waals surface area contributed by atoms with Gasteiger partial charge >= 0.3 is 0 Å². The Hall–Kier alpha value is -1.41. The molecule has 1 heterocycles. The van der Waals surface area contributed by atoms with Gasteiger partial charge < -0.3 is 10.6 Å². The fourth-order valence-corrected chi connectivity index (χ4v) is 2.17. The molecule has 1 aliphatic rings. The minimum absolute atomic E-state index is 0.121. The van der Waals surface area contributed by atoms with Crippen molar-refractivity contribution in [2.75, 3.05) is 30.0 Å². The number of aromatic nitrogens is 2. The van der Waals surface area contributed by atoms with Crippen LogP contribution in [0, 0.1) is 6.92 Å². The number of nitrogens with one attached hydrogen (secondary N) is 2. The van der Waals surface area contributed by atoms with Crippen molar-refractivity contribution in [1.29, 1.82) is 0 Å². The van der Waals surface area contributed by atoms with E-state index in [0.717, 1.165) is 30.0 Å². The first-order valence-corrected chi connectivity index (χ1v) is 7.93. The van der Waals surface area contributed by atoms with Crippen molar-refractivity contribution in [3.05, 3.63) is 11.4 Å². The standard InChI is InChI=1S/C11H19N5O2S/c1-7-9(13-2)15-11(8-3-4-8)16-10(7)14-5-6-19(12,17)18/h8H,3-6H2,1-2H3,(H2,12,17,18)(H2,13,14,15,16). The van der Waals surface area contributed by atoms with E-state index in [1.807, 2.05) is 6.92 Å². The Morgan fingerprint density at radius 3 is 2.47 bits per heavy atom. The lowest BCUT2D eigenvalue weighted by atomic mass is 10.2. The molecular weight excluding hydrogens is 266 g/mol. The van der Waals surface area contributed by atoms with Crippen molar-refractivity contribution in [3.63, 3.8) is 0 Å². The third kappa shape index (κ3) is 3.77. The quantitative estimate of drug-likeness (QED) is 0.698. The highest BCUT2D eigenvalue weighted by molar-refractivity contribution is 7.89. The maximum absolute atomic E-state index is 10.9. The second-order valence-corrected chi connectivity index (χ2v) is 6.46. The second kappa shape index (κ2) is 5.30. The highest BCUT2D eigenvalue weighted by atomic mass is 32.2. The summed E-state index contributed by atoms with van der Waals surface area (Å²) >= 11 is 0. The van der Waals surface area contributed by atoms with Crippen LogP contribution < -0.4 is 15.8 Å². The summed E-state index contributed by atoms with van der Waals surface area (Å²) in [5.74, 6) is 2.57. The summed E-state index contributed by atoms with van der Waals surface area (Å²) < 4.78 is 21.8. The fraction of sp³-hybridized carbons (Fsp3) is 0.636. The summed E-state index contributed by atoms with van der Waals surface area (Å²) in [7, 11) is -1.65. The first-order valence-electron chi connectivity index (χ1n) is 6.21. The Balaban J connectivity index is 2.15. The first kappa shape index (κ1) is 14.0. The van der Waals surface area contributed by atoms with Gasteiger partial charge in [0.05, 0.1) is 5.75 Å². The largest absolute Gasteiger partial charge is 0.373 e. The number of sulfonamides is 1. The van der Waals surface area contributed by atoms with E-state index in [2.05, 4.69) is 20.6 Å². The molecule has 4 N–H and O–H groups in total. The van der Waals surface area contributed by atoms with Crippen LogP contribution in [0.4, 0.5) is 11.6 Å². The van der Waals surface area contributed by atoms with Gasteiger partial charge in [0.25, 0.3) is 0 Å². The van der Waals surface area contributed by atoms with Gasteiger partial charge in [-0.15, -0.1) is 0 Å². The molecule has 1 aliphatic carbocycles. The lowest BCUT2D eigenvalue weighted by Gasteiger charge is -2.13. The normalized spacial score (nSPS) is 15.3. The van der Waals surface area contributed by atoms with Crippen LogP contribution in [0.2, 0.25) is 0 Å². The smallest absolute Gasteiger partial charge is 0.210 e. The Bertz CT molecular complexity index is 569. The number of hydrogen-bond acceptors (Lipinski definition) is 6. The first-order chi connectivity index (χ1) is 8.90. The molecule has 0 aliphatic heterocycles. The number of anilines is 2. The van der Waals surface area contributed by atoms with Gasteiger partial charge in [0.15, 0.2) is 0 Å². The minimum Gasteiger partial charge on any atom is -0.373 e. The molecule has 1 fully saturated rings. The number of nitrogens with zero attached hydrogens (tertiary/aromatic N) is 2. The molecule has 0 bridgehead atoms. The predicted octanol–water partition coefficient (Wildman–Crippen LogP) is 0.405. The monoisotopic (exact) mass is 285 g/mol. The van der Waals surface area contributed by atoms with Gasteiger partial charge in [0.2, 0.25) is 10.0 Å². The summed E-state index contributed by atoms with van der Waals surface area (Å²) in [4.78, 5) is 8.93. The highest BCUT2D eigenvalue weighted by Crippen LogP contribution is 2.39. The molecule has 0 spiro atoms. The summed E-state index contributed by atoms with van der Waals surface area (Å²) in [5.41, 5.74) is 0.876. The SMILES string of the molecule is CNc1nc(C2CC2)nc(NCCS(N)(=O)=O)c1C. The topological polar surface area (TPSA) is 110 Å². The van der Waals surface area contributed by atoms with Gasteiger partial charge in [-0.3, -0.25) is 0 Å². The summed E-state index contributed by atoms with van der Waals surface area (Å²) in [5, 5.41) is 11.0. The highest BCUT2D eigenvalue weighted by Gasteiger charge is 2.28. The van der Waals surface area contributed by atoms with Gasteiger partial charge in [-0.05, 0) is 19.8 Å². The van der Waals surface area contributed by atoms with Gasteiger partial charge in [0.1, 0.15) is 17.5 Å². The number of primary sulfonamides is 1. The van der Waals surface area contributed by atoms with E-state index < -0.39 is 10.0 Å². The molecule has 7 nitrogen and oxygen atoms in total. The Kier molecular flexibility index (Phi) is 3.91. The summed E-state index contributed by atoms with van der Waals surface area (Å²) in [6, 6.07) is 0. The van der Waals surface area contributed by atoms with Crippen LogP contribution in [0.15, 0.2) is 0 Å². The van der Waals surface area contributed by atoms with Crippen molar-refractivity contribution in [2.45, 2.75) is 25.7 Å². The van der Waals surface area contributed by atoms with E-state index in [1.165, 1.54) is 0 Å². The third-order valence-electron chi connectivity index (χ3n) is 3.02. The van der Waals surface area contributed by atoms with Crippen LogP contribution in [-0.4, -0.2) is 37.7 Å². The van der Waals surface area contributed by atoms with E-state index in [9.17, 15) is 8.42 Å². The molecule has 106 valence electrons. The lowest BCUT2D eigenvalue weighted by molar-refractivity contribution is 0.598. The van der Waals surface area contributed by atoms with Crippen molar-refractivity contribution in [2.24, 2.45) is 5.14 Å². The predicted molar refractivity (Wildman–Crippen MR) is 74.8 cm³/mol. The van der Waals surface area contributed by atoms with Gasteiger partial charge in [-0.2, -0.15) is 0 Å². The second-order valence-electron chi connectivity index (χ2n) is 4.72. The zero-order valence-electron chi connectivity index (χ0n) is 11.1. The zero-order valence-corrected chi connectivity index (χ0v) is 11.9. The Morgan fingerprint density at radius 1 is 1.32 bits per heavy atom. The number of nitrogens with two attached hydrogens (primary N) is 1. The van der Waals surface area contributed by atoms with Crippen molar-refractivity contribution in [3.8, 4) is 0 Å². The molecule has 0 unspecified atom stereocenters. The molecule has 2 rings (SSSR count). The van der Waals surface area contributed by atoms with E-state index in [-0.39, 0.29) is 12.3 Å². The van der Waals surface area contributed by atoms with Crippen molar-refractivity contribution < 1.29 is 8.42 Å². The maximum Gasteiger partial charge on any atom is 0.210 e. The van der Waals surface area contributed by atoms with Gasteiger partial charge in [0, 0.05) is 25.1 Å². The van der Waals surface area contributed by atoms with Crippen molar-refractivity contribution in [1.82, 2.24) is 9.97 Å². The van der Waals surface area contributed by atoms with Gasteiger partial charge in [-0.1, -0.05) is 0 Å². The van der Waals surface area contributed by atoms with Crippen LogP contribution >= 0.6 is 0 Å². The molecule has 0 aromatic carbocycles. The summed E-state index contributed by atoms with van der Waals surface area (Å²) in [6.45, 7) is 2.13. The third-order valence-corrected chi connectivity index (χ3v) is 3.79. The molecule has 1 saturated carbocycles. The van der Waals surface area contributed by atoms with E-state index >= 15 is 0 Å². The average molecular weight is 285 g/mol. The van der Waals surface area contributed by atoms with E-state index in [1.54, 1.807) is 7.05 Å². The lowest BCUT2D eigenvalue weighted by Crippen LogP contribution is -2.23. The molecule has 0 amide bonds. The Morgan fingerprint density at radius 2 is 1.95 bits per heavy atom.